The van der Waals surface area contributed by atoms with E-state index in [2.05, 4.69) is 0 Å². The maximum absolute atomic E-state index is 12.5. The summed E-state index contributed by atoms with van der Waals surface area (Å²) in [6.45, 7) is 4.78. The lowest BCUT2D eigenvalue weighted by atomic mass is 9.78. The number of carboxylic acids is 1. The van der Waals surface area contributed by atoms with Crippen LogP contribution in [0.3, 0.4) is 0 Å². The Morgan fingerprint density at radius 1 is 1.19 bits per heavy atom. The fourth-order valence-corrected chi connectivity index (χ4v) is 3.92. The summed E-state index contributed by atoms with van der Waals surface area (Å²) in [5.41, 5.74) is 0.891. The SMILES string of the molecule is COCCCOc1cc2c(cc1OC)-c1cc(=O)c(C(=O)O)cn1[C@H](C(C)(C)CO)C2. The van der Waals surface area contributed by atoms with E-state index in [1.165, 1.54) is 12.3 Å². The largest absolute Gasteiger partial charge is 0.493 e. The lowest BCUT2D eigenvalue weighted by Crippen LogP contribution is -2.36. The topological polar surface area (TPSA) is 107 Å². The number of benzene rings is 1. The fourth-order valence-electron chi connectivity index (χ4n) is 3.92. The van der Waals surface area contributed by atoms with E-state index in [4.69, 9.17) is 14.2 Å². The molecule has 3 rings (SSSR count). The molecule has 1 aromatic heterocycles. The molecule has 0 saturated heterocycles. The third kappa shape index (κ3) is 4.45. The van der Waals surface area contributed by atoms with Gasteiger partial charge >= 0.3 is 5.97 Å². The van der Waals surface area contributed by atoms with Crippen LogP contribution in [0.4, 0.5) is 0 Å². The van der Waals surface area contributed by atoms with Crippen molar-refractivity contribution < 1.29 is 29.2 Å². The molecule has 8 heteroatoms. The average molecular weight is 431 g/mol. The number of aromatic carboxylic acids is 1. The smallest absolute Gasteiger partial charge is 0.341 e. The second-order valence-electron chi connectivity index (χ2n) is 8.37. The molecule has 0 saturated carbocycles. The van der Waals surface area contributed by atoms with Crippen molar-refractivity contribution in [1.29, 1.82) is 0 Å². The van der Waals surface area contributed by atoms with Crippen molar-refractivity contribution >= 4 is 5.97 Å². The number of rotatable bonds is 9. The Bertz CT molecular complexity index is 1030. The Morgan fingerprint density at radius 3 is 2.55 bits per heavy atom. The molecule has 0 aliphatic carbocycles. The number of carbonyl (C=O) groups is 1. The van der Waals surface area contributed by atoms with E-state index in [-0.39, 0.29) is 18.2 Å². The minimum absolute atomic E-state index is 0.0997. The van der Waals surface area contributed by atoms with E-state index in [0.717, 1.165) is 17.5 Å². The van der Waals surface area contributed by atoms with Gasteiger partial charge in [-0.3, -0.25) is 4.79 Å². The zero-order chi connectivity index (χ0) is 22.8. The van der Waals surface area contributed by atoms with E-state index in [1.807, 2.05) is 26.0 Å². The third-order valence-electron chi connectivity index (χ3n) is 5.78. The minimum atomic E-state index is -1.27. The van der Waals surface area contributed by atoms with E-state index < -0.39 is 16.8 Å². The highest BCUT2D eigenvalue weighted by Crippen LogP contribution is 2.45. The number of carboxylic acid groups (broad SMARTS) is 1. The second-order valence-corrected chi connectivity index (χ2v) is 8.37. The van der Waals surface area contributed by atoms with E-state index in [9.17, 15) is 19.8 Å². The molecule has 168 valence electrons. The van der Waals surface area contributed by atoms with Crippen LogP contribution in [-0.4, -0.2) is 54.8 Å². The normalized spacial score (nSPS) is 15.2. The molecule has 1 atom stereocenters. The molecule has 1 aliphatic rings. The zero-order valence-corrected chi connectivity index (χ0v) is 18.3. The molecular formula is C23H29NO7. The molecule has 0 spiro atoms. The van der Waals surface area contributed by atoms with Gasteiger partial charge in [-0.25, -0.2) is 4.79 Å². The average Bonchev–Trinajstić information content (AvgIpc) is 2.74. The molecule has 1 aromatic carbocycles. The standard InChI is InChI=1S/C23H29NO7/c1-23(2,13-25)21-9-14-8-20(31-7-5-6-29-3)19(30-4)10-15(14)17-11-18(26)16(22(27)28)12-24(17)21/h8,10-12,21,25H,5-7,9,13H2,1-4H3,(H,27,28)/t21-/m0/s1. The predicted molar refractivity (Wildman–Crippen MR) is 115 cm³/mol. The molecule has 31 heavy (non-hydrogen) atoms. The number of pyridine rings is 1. The summed E-state index contributed by atoms with van der Waals surface area (Å²) < 4.78 is 18.3. The van der Waals surface area contributed by atoms with Crippen LogP contribution in [0, 0.1) is 5.41 Å². The van der Waals surface area contributed by atoms with Gasteiger partial charge in [-0.2, -0.15) is 0 Å². The number of aliphatic hydroxyl groups is 1. The Labute approximate surface area is 181 Å². The molecule has 2 N–H and O–H groups in total. The van der Waals surface area contributed by atoms with Crippen molar-refractivity contribution in [2.45, 2.75) is 32.7 Å². The van der Waals surface area contributed by atoms with Crippen molar-refractivity contribution in [3.8, 4) is 22.8 Å². The van der Waals surface area contributed by atoms with Gasteiger partial charge < -0.3 is 29.0 Å². The third-order valence-corrected chi connectivity index (χ3v) is 5.78. The first-order valence-electron chi connectivity index (χ1n) is 10.2. The molecule has 0 fully saturated rings. The van der Waals surface area contributed by atoms with Crippen LogP contribution in [0.25, 0.3) is 11.3 Å². The van der Waals surface area contributed by atoms with Crippen molar-refractivity contribution in [2.75, 3.05) is 34.0 Å². The van der Waals surface area contributed by atoms with Crippen LogP contribution in [0.1, 0.15) is 42.2 Å². The molecule has 2 heterocycles. The summed E-state index contributed by atoms with van der Waals surface area (Å²) in [6.07, 6.45) is 2.65. The van der Waals surface area contributed by atoms with Crippen LogP contribution in [0.15, 0.2) is 29.2 Å². The van der Waals surface area contributed by atoms with Crippen molar-refractivity contribution in [2.24, 2.45) is 5.41 Å². The summed E-state index contributed by atoms with van der Waals surface area (Å²) in [5, 5.41) is 19.4. The first-order valence-corrected chi connectivity index (χ1v) is 10.2. The molecule has 1 aliphatic heterocycles. The van der Waals surface area contributed by atoms with Gasteiger partial charge in [0.1, 0.15) is 5.56 Å². The highest BCUT2D eigenvalue weighted by molar-refractivity contribution is 5.88. The first-order chi connectivity index (χ1) is 14.7. The zero-order valence-electron chi connectivity index (χ0n) is 18.3. The number of fused-ring (bicyclic) bond motifs is 3. The van der Waals surface area contributed by atoms with Crippen LogP contribution in [0.2, 0.25) is 0 Å². The monoisotopic (exact) mass is 431 g/mol. The van der Waals surface area contributed by atoms with Gasteiger partial charge in [0, 0.05) is 49.4 Å². The van der Waals surface area contributed by atoms with E-state index in [0.29, 0.717) is 36.8 Å². The summed E-state index contributed by atoms with van der Waals surface area (Å²) in [4.78, 5) is 24.0. The van der Waals surface area contributed by atoms with Crippen molar-refractivity contribution in [3.63, 3.8) is 0 Å². The van der Waals surface area contributed by atoms with E-state index in [1.54, 1.807) is 18.8 Å². The molecule has 0 radical (unpaired) electrons. The summed E-state index contributed by atoms with van der Waals surface area (Å²) in [5.74, 6) is -0.155. The Morgan fingerprint density at radius 2 is 1.94 bits per heavy atom. The quantitative estimate of drug-likeness (QED) is 0.588. The number of aliphatic hydroxyl groups excluding tert-OH is 1. The van der Waals surface area contributed by atoms with Gasteiger partial charge in [-0.1, -0.05) is 13.8 Å². The van der Waals surface area contributed by atoms with Gasteiger partial charge in [-0.05, 0) is 24.1 Å². The Kier molecular flexibility index (Phi) is 6.71. The summed E-state index contributed by atoms with van der Waals surface area (Å²) in [7, 11) is 3.18. The maximum Gasteiger partial charge on any atom is 0.341 e. The number of methoxy groups -OCH3 is 2. The van der Waals surface area contributed by atoms with Gasteiger partial charge in [0.15, 0.2) is 16.9 Å². The molecule has 0 bridgehead atoms. The molecule has 0 unspecified atom stereocenters. The number of hydrogen-bond donors (Lipinski definition) is 2. The van der Waals surface area contributed by atoms with Gasteiger partial charge in [0.25, 0.3) is 0 Å². The minimum Gasteiger partial charge on any atom is -0.493 e. The second kappa shape index (κ2) is 9.11. The number of ether oxygens (including phenoxy) is 3. The summed E-state index contributed by atoms with van der Waals surface area (Å²) >= 11 is 0. The lowest BCUT2D eigenvalue weighted by molar-refractivity contribution is 0.0691. The molecule has 0 amide bonds. The van der Waals surface area contributed by atoms with Crippen LogP contribution >= 0.6 is 0 Å². The first kappa shape index (κ1) is 22.8. The predicted octanol–water partition coefficient (Wildman–Crippen LogP) is 2.75. The summed E-state index contributed by atoms with van der Waals surface area (Å²) in [6, 6.07) is 4.81. The van der Waals surface area contributed by atoms with Crippen LogP contribution in [-0.2, 0) is 11.2 Å². The lowest BCUT2D eigenvalue weighted by Gasteiger charge is -2.40. The maximum atomic E-state index is 12.5. The number of aromatic nitrogens is 1. The van der Waals surface area contributed by atoms with Gasteiger partial charge in [0.05, 0.1) is 26.0 Å². The van der Waals surface area contributed by atoms with Crippen LogP contribution < -0.4 is 14.9 Å². The Balaban J connectivity index is 2.16. The van der Waals surface area contributed by atoms with Crippen LogP contribution in [0.5, 0.6) is 11.5 Å². The van der Waals surface area contributed by atoms with Gasteiger partial charge in [0.2, 0.25) is 0 Å². The van der Waals surface area contributed by atoms with Gasteiger partial charge in [-0.15, -0.1) is 0 Å². The van der Waals surface area contributed by atoms with Crippen molar-refractivity contribution in [1.82, 2.24) is 4.57 Å². The van der Waals surface area contributed by atoms with E-state index >= 15 is 0 Å². The number of hydrogen-bond acceptors (Lipinski definition) is 6. The highest BCUT2D eigenvalue weighted by atomic mass is 16.5. The highest BCUT2D eigenvalue weighted by Gasteiger charge is 2.36. The number of nitrogens with zero attached hydrogens (tertiary/aromatic N) is 1. The fraction of sp³-hybridized carbons (Fsp3) is 0.478. The van der Waals surface area contributed by atoms with Crippen molar-refractivity contribution in [3.05, 3.63) is 45.7 Å². The Hall–Kier alpha value is -2.84. The molecule has 2 aromatic rings. The molecular weight excluding hydrogens is 402 g/mol. The molecule has 8 nitrogen and oxygen atoms in total.